The molecule has 38 heavy (non-hydrogen) atoms. The Morgan fingerprint density at radius 2 is 1.82 bits per heavy atom. The summed E-state index contributed by atoms with van der Waals surface area (Å²) in [6.07, 6.45) is 7.54. The summed E-state index contributed by atoms with van der Waals surface area (Å²) in [5.41, 5.74) is 8.02. The molecule has 4 N–H and O–H groups in total. The lowest BCUT2D eigenvalue weighted by Gasteiger charge is -2.28. The number of methoxy groups -OCH3 is 1. The monoisotopic (exact) mass is 521 g/mol. The van der Waals surface area contributed by atoms with E-state index in [1.165, 1.54) is 19.3 Å². The number of carbonyl (C=O) groups is 3. The van der Waals surface area contributed by atoms with Crippen LogP contribution in [0.25, 0.3) is 0 Å². The maximum Gasteiger partial charge on any atom is 0.243 e. The fraction of sp³-hybridized carbons (Fsp3) is 0.500. The third-order valence-corrected chi connectivity index (χ3v) is 8.09. The number of phenols is 1. The number of nitrogens with zero attached hydrogens (tertiary/aromatic N) is 1. The first-order valence-electron chi connectivity index (χ1n) is 13.6. The van der Waals surface area contributed by atoms with Gasteiger partial charge in [-0.15, -0.1) is 0 Å². The minimum atomic E-state index is -0.728. The standard InChI is InChI=1S/C30H39N3O5/c1-38-28-10-6-5-9-25(28)26(31)17-29(36)33-18-22(21-7-3-2-4-8-21)16-27(33)30(37)32-23(19-34)15-20-11-13-24(35)14-12-20/h5-6,9-14,19,21-23,26-27,35H,2-4,7-8,15-18,31H2,1H3,(H,32,37)/t22?,23-,26-,27-/m0/s1. The van der Waals surface area contributed by atoms with Crippen LogP contribution in [0.15, 0.2) is 48.5 Å². The Bertz CT molecular complexity index is 1100. The van der Waals surface area contributed by atoms with Gasteiger partial charge >= 0.3 is 0 Å². The summed E-state index contributed by atoms with van der Waals surface area (Å²) in [6.45, 7) is 0.532. The molecule has 0 radical (unpaired) electrons. The number of amides is 2. The first-order chi connectivity index (χ1) is 18.4. The molecule has 1 aliphatic heterocycles. The molecule has 0 spiro atoms. The largest absolute Gasteiger partial charge is 0.508 e. The number of benzene rings is 2. The molecule has 1 saturated heterocycles. The molecular formula is C30H39N3O5. The number of ether oxygens (including phenoxy) is 1. The SMILES string of the molecule is COc1ccccc1[C@@H](N)CC(=O)N1CC(C2CCCCC2)C[C@H]1C(=O)N[C@H](C=O)Cc1ccc(O)cc1. The van der Waals surface area contributed by atoms with Crippen molar-refractivity contribution < 1.29 is 24.2 Å². The Labute approximate surface area is 224 Å². The molecule has 1 aliphatic carbocycles. The van der Waals surface area contributed by atoms with Gasteiger partial charge in [-0.25, -0.2) is 0 Å². The van der Waals surface area contributed by atoms with Crippen molar-refractivity contribution in [2.45, 2.75) is 69.5 Å². The van der Waals surface area contributed by atoms with Crippen LogP contribution < -0.4 is 15.8 Å². The number of para-hydroxylation sites is 1. The van der Waals surface area contributed by atoms with Crippen LogP contribution in [0.2, 0.25) is 0 Å². The first-order valence-corrected chi connectivity index (χ1v) is 13.6. The van der Waals surface area contributed by atoms with E-state index in [2.05, 4.69) is 5.32 Å². The number of carbonyl (C=O) groups excluding carboxylic acids is 3. The highest BCUT2D eigenvalue weighted by Gasteiger charge is 2.43. The van der Waals surface area contributed by atoms with Gasteiger partial charge in [0.15, 0.2) is 0 Å². The maximum absolute atomic E-state index is 13.6. The van der Waals surface area contributed by atoms with Gasteiger partial charge in [0.25, 0.3) is 0 Å². The molecule has 4 rings (SSSR count). The molecule has 8 nitrogen and oxygen atoms in total. The number of phenolic OH excluding ortho intramolecular Hbond substituents is 1. The van der Waals surface area contributed by atoms with Crippen molar-refractivity contribution in [2.75, 3.05) is 13.7 Å². The van der Waals surface area contributed by atoms with Gasteiger partial charge in [0.2, 0.25) is 11.8 Å². The molecule has 2 aliphatic rings. The molecule has 2 aromatic rings. The van der Waals surface area contributed by atoms with Gasteiger partial charge < -0.3 is 30.6 Å². The van der Waals surface area contributed by atoms with E-state index in [0.717, 1.165) is 30.3 Å². The number of nitrogens with one attached hydrogen (secondary N) is 1. The summed E-state index contributed by atoms with van der Waals surface area (Å²) in [7, 11) is 1.57. The van der Waals surface area contributed by atoms with Crippen molar-refractivity contribution in [2.24, 2.45) is 17.6 Å². The van der Waals surface area contributed by atoms with E-state index in [4.69, 9.17) is 10.5 Å². The van der Waals surface area contributed by atoms with E-state index < -0.39 is 18.1 Å². The van der Waals surface area contributed by atoms with Crippen molar-refractivity contribution in [1.29, 1.82) is 0 Å². The number of aldehydes is 1. The lowest BCUT2D eigenvalue weighted by Crippen LogP contribution is -2.50. The molecule has 2 fully saturated rings. The highest BCUT2D eigenvalue weighted by atomic mass is 16.5. The average molecular weight is 522 g/mol. The molecule has 0 aromatic heterocycles. The summed E-state index contributed by atoms with van der Waals surface area (Å²) >= 11 is 0. The Morgan fingerprint density at radius 3 is 2.50 bits per heavy atom. The van der Waals surface area contributed by atoms with Crippen LogP contribution in [0, 0.1) is 11.8 Å². The van der Waals surface area contributed by atoms with Crippen molar-refractivity contribution in [1.82, 2.24) is 10.2 Å². The third kappa shape index (κ3) is 6.72. The molecular weight excluding hydrogens is 482 g/mol. The molecule has 4 atom stereocenters. The normalized spacial score (nSPS) is 21.5. The molecule has 1 saturated carbocycles. The van der Waals surface area contributed by atoms with Crippen molar-refractivity contribution >= 4 is 18.1 Å². The van der Waals surface area contributed by atoms with E-state index in [-0.39, 0.29) is 29.9 Å². The number of likely N-dealkylation sites (tertiary alicyclic amines) is 1. The molecule has 0 bridgehead atoms. The van der Waals surface area contributed by atoms with E-state index in [0.29, 0.717) is 31.1 Å². The summed E-state index contributed by atoms with van der Waals surface area (Å²) in [4.78, 5) is 40.6. The molecule has 204 valence electrons. The van der Waals surface area contributed by atoms with Gasteiger partial charge in [0.1, 0.15) is 23.8 Å². The zero-order valence-corrected chi connectivity index (χ0v) is 22.1. The fourth-order valence-corrected chi connectivity index (χ4v) is 6.03. The number of aromatic hydroxyl groups is 1. The number of hydrogen-bond donors (Lipinski definition) is 3. The van der Waals surface area contributed by atoms with Gasteiger partial charge in [-0.1, -0.05) is 62.4 Å². The molecule has 1 unspecified atom stereocenters. The maximum atomic E-state index is 13.6. The van der Waals surface area contributed by atoms with Gasteiger partial charge in [-0.05, 0) is 48.4 Å². The predicted octanol–water partition coefficient (Wildman–Crippen LogP) is 3.51. The second-order valence-electron chi connectivity index (χ2n) is 10.6. The quantitative estimate of drug-likeness (QED) is 0.411. The summed E-state index contributed by atoms with van der Waals surface area (Å²) in [5.74, 6) is 1.05. The Kier molecular flexibility index (Phi) is 9.39. The summed E-state index contributed by atoms with van der Waals surface area (Å²) in [5, 5.41) is 12.4. The van der Waals surface area contributed by atoms with Crippen LogP contribution in [-0.2, 0) is 20.8 Å². The highest BCUT2D eigenvalue weighted by Crippen LogP contribution is 2.38. The zero-order chi connectivity index (χ0) is 27.1. The van der Waals surface area contributed by atoms with Crippen molar-refractivity contribution in [3.8, 4) is 11.5 Å². The second kappa shape index (κ2) is 12.9. The molecule has 1 heterocycles. The predicted molar refractivity (Wildman–Crippen MR) is 145 cm³/mol. The molecule has 8 heteroatoms. The minimum Gasteiger partial charge on any atom is -0.508 e. The Morgan fingerprint density at radius 1 is 1.11 bits per heavy atom. The second-order valence-corrected chi connectivity index (χ2v) is 10.6. The first kappa shape index (κ1) is 27.6. The van der Waals surface area contributed by atoms with Gasteiger partial charge in [-0.3, -0.25) is 9.59 Å². The van der Waals surface area contributed by atoms with Gasteiger partial charge in [0, 0.05) is 24.6 Å². The molecule has 2 amide bonds. The average Bonchev–Trinajstić information content (AvgIpc) is 3.40. The Balaban J connectivity index is 1.48. The highest BCUT2D eigenvalue weighted by molar-refractivity contribution is 5.90. The van der Waals surface area contributed by atoms with Crippen LogP contribution in [0.1, 0.15) is 62.1 Å². The van der Waals surface area contributed by atoms with Gasteiger partial charge in [-0.2, -0.15) is 0 Å². The van der Waals surface area contributed by atoms with Crippen molar-refractivity contribution in [3.63, 3.8) is 0 Å². The smallest absolute Gasteiger partial charge is 0.243 e. The lowest BCUT2D eigenvalue weighted by atomic mass is 9.79. The van der Waals surface area contributed by atoms with Crippen LogP contribution in [0.5, 0.6) is 11.5 Å². The number of hydrogen-bond acceptors (Lipinski definition) is 6. The zero-order valence-electron chi connectivity index (χ0n) is 22.1. The number of rotatable bonds is 10. The van der Waals surface area contributed by atoms with Crippen LogP contribution in [0.4, 0.5) is 0 Å². The fourth-order valence-electron chi connectivity index (χ4n) is 6.03. The van der Waals surface area contributed by atoms with E-state index in [9.17, 15) is 19.5 Å². The van der Waals surface area contributed by atoms with Crippen LogP contribution in [0.3, 0.4) is 0 Å². The van der Waals surface area contributed by atoms with Crippen molar-refractivity contribution in [3.05, 3.63) is 59.7 Å². The van der Waals surface area contributed by atoms with E-state index in [1.807, 2.05) is 24.3 Å². The van der Waals surface area contributed by atoms with Crippen LogP contribution >= 0.6 is 0 Å². The summed E-state index contributed by atoms with van der Waals surface area (Å²) < 4.78 is 5.42. The lowest BCUT2D eigenvalue weighted by molar-refractivity contribution is -0.139. The van der Waals surface area contributed by atoms with Crippen LogP contribution in [-0.4, -0.2) is 53.8 Å². The van der Waals surface area contributed by atoms with E-state index in [1.54, 1.807) is 36.3 Å². The van der Waals surface area contributed by atoms with E-state index >= 15 is 0 Å². The topological polar surface area (TPSA) is 122 Å². The summed E-state index contributed by atoms with van der Waals surface area (Å²) in [6, 6.07) is 12.0. The number of nitrogens with two attached hydrogens (primary N) is 1. The van der Waals surface area contributed by atoms with Gasteiger partial charge in [0.05, 0.1) is 13.2 Å². The minimum absolute atomic E-state index is 0.0617. The Hall–Kier alpha value is -3.39. The molecule has 2 aromatic carbocycles. The third-order valence-electron chi connectivity index (χ3n) is 8.09.